The van der Waals surface area contributed by atoms with Crippen molar-refractivity contribution in [1.82, 2.24) is 5.32 Å². The normalized spacial score (nSPS) is 22.2. The molecule has 1 aliphatic rings. The van der Waals surface area contributed by atoms with Crippen molar-refractivity contribution in [3.63, 3.8) is 0 Å². The van der Waals surface area contributed by atoms with Gasteiger partial charge < -0.3 is 20.6 Å². The van der Waals surface area contributed by atoms with Crippen LogP contribution in [-0.2, 0) is 0 Å². The maximum absolute atomic E-state index is 9.37. The lowest BCUT2D eigenvalue weighted by Gasteiger charge is -2.12. The highest BCUT2D eigenvalue weighted by Gasteiger charge is 2.29. The first-order chi connectivity index (χ1) is 5.74. The highest BCUT2D eigenvalue weighted by molar-refractivity contribution is 4.82. The fourth-order valence-electron chi connectivity index (χ4n) is 1.11. The van der Waals surface area contributed by atoms with Gasteiger partial charge in [0, 0.05) is 13.1 Å². The van der Waals surface area contributed by atoms with Crippen LogP contribution in [0.25, 0.3) is 0 Å². The zero-order valence-corrected chi connectivity index (χ0v) is 7.11. The standard InChI is InChI=1S/C8H17NO3/c10-5-7(11)3-9-4-8(12)6-1-2-6/h6-12H,1-5H2. The van der Waals surface area contributed by atoms with Crippen LogP contribution in [0.3, 0.4) is 0 Å². The summed E-state index contributed by atoms with van der Waals surface area (Å²) in [5, 5.41) is 29.7. The van der Waals surface area contributed by atoms with Crippen LogP contribution in [0.1, 0.15) is 12.8 Å². The van der Waals surface area contributed by atoms with Gasteiger partial charge in [-0.15, -0.1) is 0 Å². The van der Waals surface area contributed by atoms with Gasteiger partial charge in [-0.25, -0.2) is 0 Å². The Labute approximate surface area is 72.2 Å². The molecule has 4 heteroatoms. The third-order valence-electron chi connectivity index (χ3n) is 2.11. The monoisotopic (exact) mass is 175 g/mol. The molecule has 0 amide bonds. The minimum Gasteiger partial charge on any atom is -0.394 e. The van der Waals surface area contributed by atoms with E-state index in [1.165, 1.54) is 0 Å². The Bertz CT molecular complexity index is 127. The Morgan fingerprint density at radius 2 is 1.92 bits per heavy atom. The minimum absolute atomic E-state index is 0.230. The summed E-state index contributed by atoms with van der Waals surface area (Å²) < 4.78 is 0. The number of aliphatic hydroxyl groups is 3. The first-order valence-corrected chi connectivity index (χ1v) is 4.41. The zero-order valence-electron chi connectivity index (χ0n) is 7.11. The number of hydrogen-bond donors (Lipinski definition) is 4. The smallest absolute Gasteiger partial charge is 0.0894 e. The Hall–Kier alpha value is -0.160. The van der Waals surface area contributed by atoms with Crippen LogP contribution < -0.4 is 5.32 Å². The van der Waals surface area contributed by atoms with Crippen molar-refractivity contribution in [3.8, 4) is 0 Å². The Balaban J connectivity index is 1.93. The molecule has 0 aliphatic heterocycles. The first-order valence-electron chi connectivity index (χ1n) is 4.41. The topological polar surface area (TPSA) is 72.7 Å². The van der Waals surface area contributed by atoms with E-state index in [1.54, 1.807) is 0 Å². The molecule has 4 nitrogen and oxygen atoms in total. The van der Waals surface area contributed by atoms with Crippen LogP contribution in [-0.4, -0.2) is 47.2 Å². The van der Waals surface area contributed by atoms with Gasteiger partial charge in [0.15, 0.2) is 0 Å². The molecule has 1 rings (SSSR count). The number of rotatable bonds is 6. The van der Waals surface area contributed by atoms with E-state index in [0.717, 1.165) is 12.8 Å². The van der Waals surface area contributed by atoms with E-state index in [0.29, 0.717) is 19.0 Å². The van der Waals surface area contributed by atoms with Crippen molar-refractivity contribution in [2.24, 2.45) is 5.92 Å². The summed E-state index contributed by atoms with van der Waals surface area (Å²) >= 11 is 0. The summed E-state index contributed by atoms with van der Waals surface area (Å²) in [7, 11) is 0. The van der Waals surface area contributed by atoms with Gasteiger partial charge in [0.05, 0.1) is 18.8 Å². The predicted molar refractivity (Wildman–Crippen MR) is 44.7 cm³/mol. The van der Waals surface area contributed by atoms with Crippen molar-refractivity contribution >= 4 is 0 Å². The Morgan fingerprint density at radius 3 is 2.42 bits per heavy atom. The number of nitrogens with one attached hydrogen (secondary N) is 1. The molecule has 0 spiro atoms. The molecule has 4 N–H and O–H groups in total. The van der Waals surface area contributed by atoms with Crippen LogP contribution in [0.4, 0.5) is 0 Å². The van der Waals surface area contributed by atoms with Gasteiger partial charge in [-0.05, 0) is 18.8 Å². The highest BCUT2D eigenvalue weighted by atomic mass is 16.3. The highest BCUT2D eigenvalue weighted by Crippen LogP contribution is 2.32. The molecular formula is C8H17NO3. The molecule has 0 heterocycles. The summed E-state index contributed by atoms with van der Waals surface area (Å²) in [5.74, 6) is 0.462. The second kappa shape index (κ2) is 4.77. The molecule has 1 saturated carbocycles. The predicted octanol–water partition coefficient (Wildman–Crippen LogP) is -1.30. The van der Waals surface area contributed by atoms with Gasteiger partial charge in [0.1, 0.15) is 0 Å². The van der Waals surface area contributed by atoms with E-state index in [1.807, 2.05) is 0 Å². The van der Waals surface area contributed by atoms with Crippen LogP contribution in [0, 0.1) is 5.92 Å². The average molecular weight is 175 g/mol. The lowest BCUT2D eigenvalue weighted by atomic mass is 10.2. The second-order valence-corrected chi connectivity index (χ2v) is 3.40. The van der Waals surface area contributed by atoms with E-state index < -0.39 is 6.10 Å². The van der Waals surface area contributed by atoms with Crippen molar-refractivity contribution in [1.29, 1.82) is 0 Å². The molecule has 12 heavy (non-hydrogen) atoms. The summed E-state index contributed by atoms with van der Waals surface area (Å²) in [6.07, 6.45) is 1.24. The summed E-state index contributed by atoms with van der Waals surface area (Å²) in [6, 6.07) is 0. The molecular weight excluding hydrogens is 158 g/mol. The SMILES string of the molecule is OCC(O)CNCC(O)C1CC1. The van der Waals surface area contributed by atoms with Crippen LogP contribution in [0.2, 0.25) is 0 Å². The first kappa shape index (κ1) is 9.92. The van der Waals surface area contributed by atoms with Crippen molar-refractivity contribution in [2.75, 3.05) is 19.7 Å². The molecule has 1 aliphatic carbocycles. The lowest BCUT2D eigenvalue weighted by Crippen LogP contribution is -2.35. The van der Waals surface area contributed by atoms with Gasteiger partial charge in [-0.1, -0.05) is 0 Å². The molecule has 2 unspecified atom stereocenters. The van der Waals surface area contributed by atoms with Crippen LogP contribution in [0.5, 0.6) is 0 Å². The Kier molecular flexibility index (Phi) is 3.94. The fourth-order valence-corrected chi connectivity index (χ4v) is 1.11. The Morgan fingerprint density at radius 1 is 1.25 bits per heavy atom. The fraction of sp³-hybridized carbons (Fsp3) is 1.00. The van der Waals surface area contributed by atoms with Crippen molar-refractivity contribution in [3.05, 3.63) is 0 Å². The zero-order chi connectivity index (χ0) is 8.97. The number of hydrogen-bond acceptors (Lipinski definition) is 4. The molecule has 0 aromatic carbocycles. The molecule has 2 atom stereocenters. The van der Waals surface area contributed by atoms with E-state index in [-0.39, 0.29) is 12.7 Å². The van der Waals surface area contributed by atoms with Gasteiger partial charge in [-0.3, -0.25) is 0 Å². The molecule has 0 aromatic rings. The molecule has 72 valence electrons. The summed E-state index contributed by atoms with van der Waals surface area (Å²) in [5.41, 5.74) is 0. The van der Waals surface area contributed by atoms with Crippen LogP contribution >= 0.6 is 0 Å². The molecule has 0 radical (unpaired) electrons. The van der Waals surface area contributed by atoms with Gasteiger partial charge in [0.25, 0.3) is 0 Å². The van der Waals surface area contributed by atoms with E-state index in [9.17, 15) is 5.11 Å². The quantitative estimate of drug-likeness (QED) is 0.405. The van der Waals surface area contributed by atoms with E-state index in [4.69, 9.17) is 10.2 Å². The lowest BCUT2D eigenvalue weighted by molar-refractivity contribution is 0.0869. The largest absolute Gasteiger partial charge is 0.394 e. The minimum atomic E-state index is -0.712. The van der Waals surface area contributed by atoms with E-state index >= 15 is 0 Å². The van der Waals surface area contributed by atoms with Crippen LogP contribution in [0.15, 0.2) is 0 Å². The maximum atomic E-state index is 9.37. The molecule has 0 saturated heterocycles. The molecule has 0 aromatic heterocycles. The van der Waals surface area contributed by atoms with Gasteiger partial charge in [0.2, 0.25) is 0 Å². The molecule has 0 bridgehead atoms. The molecule has 1 fully saturated rings. The van der Waals surface area contributed by atoms with Gasteiger partial charge >= 0.3 is 0 Å². The summed E-state index contributed by atoms with van der Waals surface area (Å²) in [4.78, 5) is 0. The van der Waals surface area contributed by atoms with Gasteiger partial charge in [-0.2, -0.15) is 0 Å². The third-order valence-corrected chi connectivity index (χ3v) is 2.11. The third kappa shape index (κ3) is 3.49. The number of aliphatic hydroxyl groups excluding tert-OH is 3. The van der Waals surface area contributed by atoms with Crippen molar-refractivity contribution in [2.45, 2.75) is 25.0 Å². The summed E-state index contributed by atoms with van der Waals surface area (Å²) in [6.45, 7) is 0.633. The average Bonchev–Trinajstić information content (AvgIpc) is 2.86. The van der Waals surface area contributed by atoms with Crippen molar-refractivity contribution < 1.29 is 15.3 Å². The maximum Gasteiger partial charge on any atom is 0.0894 e. The second-order valence-electron chi connectivity index (χ2n) is 3.40. The van der Waals surface area contributed by atoms with E-state index in [2.05, 4.69) is 5.32 Å².